The predicted octanol–water partition coefficient (Wildman–Crippen LogP) is 3.96. The fraction of sp³-hybridized carbons (Fsp3) is 0.417. The molecule has 0 spiro atoms. The molecule has 0 saturated carbocycles. The highest BCUT2D eigenvalue weighted by Crippen LogP contribution is 2.33. The van der Waals surface area contributed by atoms with Crippen molar-refractivity contribution in [1.29, 1.82) is 0 Å². The van der Waals surface area contributed by atoms with E-state index in [9.17, 15) is 0 Å². The Bertz CT molecular complexity index is 1080. The summed E-state index contributed by atoms with van der Waals surface area (Å²) in [6.45, 7) is 3.62. The van der Waals surface area contributed by atoms with E-state index >= 15 is 0 Å². The van der Waals surface area contributed by atoms with Crippen LogP contribution in [0.15, 0.2) is 36.5 Å². The van der Waals surface area contributed by atoms with Crippen LogP contribution in [0.4, 0.5) is 17.3 Å². The van der Waals surface area contributed by atoms with Gasteiger partial charge in [0, 0.05) is 43.0 Å². The first-order chi connectivity index (χ1) is 15.2. The highest BCUT2D eigenvalue weighted by atomic mass is 16.5. The lowest BCUT2D eigenvalue weighted by molar-refractivity contribution is 0.0876. The molecule has 1 fully saturated rings. The topological polar surface area (TPSA) is 71.5 Å². The van der Waals surface area contributed by atoms with Crippen molar-refractivity contribution in [3.8, 4) is 5.75 Å². The van der Waals surface area contributed by atoms with Gasteiger partial charge >= 0.3 is 0 Å². The molecule has 7 nitrogen and oxygen atoms in total. The van der Waals surface area contributed by atoms with Crippen molar-refractivity contribution in [2.24, 2.45) is 0 Å². The Morgan fingerprint density at radius 3 is 2.97 bits per heavy atom. The normalized spacial score (nSPS) is 19.1. The third-order valence-electron chi connectivity index (χ3n) is 6.09. The third-order valence-corrected chi connectivity index (χ3v) is 6.09. The Morgan fingerprint density at radius 2 is 2.13 bits per heavy atom. The molecule has 3 heterocycles. The molecule has 162 valence electrons. The maximum atomic E-state index is 5.65. The summed E-state index contributed by atoms with van der Waals surface area (Å²) < 4.78 is 11.2. The lowest BCUT2D eigenvalue weighted by Crippen LogP contribution is -2.29. The first-order valence-corrected chi connectivity index (χ1v) is 10.9. The molecule has 3 aromatic rings. The van der Waals surface area contributed by atoms with Crippen molar-refractivity contribution in [2.45, 2.75) is 31.8 Å². The maximum absolute atomic E-state index is 5.65. The van der Waals surface area contributed by atoms with Crippen LogP contribution in [0.1, 0.15) is 24.0 Å². The number of nitrogens with one attached hydrogen (secondary N) is 2. The molecule has 2 N–H and O–H groups in total. The smallest absolute Gasteiger partial charge is 0.227 e. The van der Waals surface area contributed by atoms with Gasteiger partial charge in [-0.25, -0.2) is 9.97 Å². The fourth-order valence-electron chi connectivity index (χ4n) is 4.38. The summed E-state index contributed by atoms with van der Waals surface area (Å²) in [4.78, 5) is 11.6. The second kappa shape index (κ2) is 8.69. The number of fused-ring (bicyclic) bond motifs is 2. The van der Waals surface area contributed by atoms with Gasteiger partial charge in [-0.15, -0.1) is 0 Å². The molecule has 1 unspecified atom stereocenters. The molecule has 1 saturated heterocycles. The molecule has 7 heteroatoms. The van der Waals surface area contributed by atoms with E-state index in [0.717, 1.165) is 73.6 Å². The maximum Gasteiger partial charge on any atom is 0.227 e. The van der Waals surface area contributed by atoms with Gasteiger partial charge < -0.3 is 25.0 Å². The van der Waals surface area contributed by atoms with Crippen molar-refractivity contribution in [3.63, 3.8) is 0 Å². The Morgan fingerprint density at radius 1 is 1.19 bits per heavy atom. The van der Waals surface area contributed by atoms with E-state index in [1.807, 2.05) is 6.20 Å². The zero-order valence-corrected chi connectivity index (χ0v) is 18.1. The summed E-state index contributed by atoms with van der Waals surface area (Å²) in [6, 6.07) is 10.9. The molecule has 0 aliphatic carbocycles. The number of ether oxygens (including phenoxy) is 2. The molecule has 0 radical (unpaired) electrons. The highest BCUT2D eigenvalue weighted by molar-refractivity contribution is 5.83. The van der Waals surface area contributed by atoms with Gasteiger partial charge in [-0.1, -0.05) is 0 Å². The Labute approximate surface area is 182 Å². The van der Waals surface area contributed by atoms with Gasteiger partial charge in [0.2, 0.25) is 5.95 Å². The molecule has 1 atom stereocenters. The van der Waals surface area contributed by atoms with Crippen LogP contribution in [0.2, 0.25) is 0 Å². The summed E-state index contributed by atoms with van der Waals surface area (Å²) >= 11 is 0. The van der Waals surface area contributed by atoms with Gasteiger partial charge in [-0.05, 0) is 67.8 Å². The van der Waals surface area contributed by atoms with E-state index in [1.165, 1.54) is 11.1 Å². The average Bonchev–Trinajstić information content (AvgIpc) is 2.79. The monoisotopic (exact) mass is 419 g/mol. The van der Waals surface area contributed by atoms with Crippen molar-refractivity contribution in [1.82, 2.24) is 14.9 Å². The minimum atomic E-state index is 0.350. The van der Waals surface area contributed by atoms with Crippen LogP contribution in [0, 0.1) is 0 Å². The van der Waals surface area contributed by atoms with E-state index in [1.54, 1.807) is 7.11 Å². The zero-order chi connectivity index (χ0) is 21.2. The quantitative estimate of drug-likeness (QED) is 0.649. The molecular weight excluding hydrogens is 390 g/mol. The molecular formula is C24H29N5O2. The second-order valence-electron chi connectivity index (χ2n) is 8.46. The third kappa shape index (κ3) is 4.43. The van der Waals surface area contributed by atoms with Crippen molar-refractivity contribution in [3.05, 3.63) is 47.7 Å². The summed E-state index contributed by atoms with van der Waals surface area (Å²) in [5, 5.41) is 7.95. The minimum Gasteiger partial charge on any atom is -0.495 e. The number of rotatable bonds is 5. The van der Waals surface area contributed by atoms with Crippen molar-refractivity contribution in [2.75, 3.05) is 44.5 Å². The van der Waals surface area contributed by atoms with E-state index in [0.29, 0.717) is 12.0 Å². The number of methoxy groups -OCH3 is 1. The molecule has 0 bridgehead atoms. The zero-order valence-electron chi connectivity index (χ0n) is 18.1. The summed E-state index contributed by atoms with van der Waals surface area (Å²) in [5.74, 6) is 1.38. The van der Waals surface area contributed by atoms with Crippen LogP contribution < -0.4 is 15.4 Å². The number of aromatic nitrogens is 2. The van der Waals surface area contributed by atoms with Crippen molar-refractivity contribution < 1.29 is 9.47 Å². The Balaban J connectivity index is 1.40. The molecule has 0 amide bonds. The first-order valence-electron chi connectivity index (χ1n) is 10.9. The predicted molar refractivity (Wildman–Crippen MR) is 123 cm³/mol. The van der Waals surface area contributed by atoms with E-state index in [4.69, 9.17) is 14.5 Å². The van der Waals surface area contributed by atoms with Gasteiger partial charge in [0.05, 0.1) is 24.9 Å². The van der Waals surface area contributed by atoms with Crippen molar-refractivity contribution >= 4 is 28.2 Å². The molecule has 2 aliphatic heterocycles. The van der Waals surface area contributed by atoms with Gasteiger partial charge in [-0.2, -0.15) is 0 Å². The lowest BCUT2D eigenvalue weighted by Gasteiger charge is -2.26. The molecule has 2 aliphatic rings. The van der Waals surface area contributed by atoms with E-state index in [2.05, 4.69) is 57.9 Å². The summed E-state index contributed by atoms with van der Waals surface area (Å²) in [7, 11) is 3.85. The van der Waals surface area contributed by atoms with Crippen LogP contribution in [0.25, 0.3) is 10.9 Å². The summed E-state index contributed by atoms with van der Waals surface area (Å²) in [6.07, 6.45) is 5.12. The van der Waals surface area contributed by atoms with E-state index < -0.39 is 0 Å². The molecule has 2 aromatic carbocycles. The first kappa shape index (κ1) is 20.0. The van der Waals surface area contributed by atoms with Crippen LogP contribution in [0.3, 0.4) is 0 Å². The number of benzene rings is 2. The average molecular weight is 420 g/mol. The minimum absolute atomic E-state index is 0.350. The highest BCUT2D eigenvalue weighted by Gasteiger charge is 2.18. The SMILES string of the molecule is COc1cc2c(cc1Nc1ncc3ccc(NC4CCCOC4)cc3n1)CN(C)CC2. The Kier molecular flexibility index (Phi) is 5.61. The standard InChI is InChI=1S/C24H29N5O2/c1-29-8-7-16-11-23(30-2)22(10-18(16)14-29)28-24-25-13-17-5-6-19(12-21(17)27-24)26-20-4-3-9-31-15-20/h5-6,10-13,20,26H,3-4,7-9,14-15H2,1-2H3,(H,25,27,28). The van der Waals surface area contributed by atoms with Gasteiger partial charge in [0.25, 0.3) is 0 Å². The second-order valence-corrected chi connectivity index (χ2v) is 8.46. The number of hydrogen-bond donors (Lipinski definition) is 2. The number of hydrogen-bond acceptors (Lipinski definition) is 7. The lowest BCUT2D eigenvalue weighted by atomic mass is 9.99. The number of nitrogens with zero attached hydrogens (tertiary/aromatic N) is 3. The summed E-state index contributed by atoms with van der Waals surface area (Å²) in [5.41, 5.74) is 5.52. The van der Waals surface area contributed by atoms with Gasteiger partial charge in [0.15, 0.2) is 0 Å². The molecule has 1 aromatic heterocycles. The Hall–Kier alpha value is -2.90. The number of likely N-dealkylation sites (N-methyl/N-ethyl adjacent to an activating group) is 1. The van der Waals surface area contributed by atoms with Crippen LogP contribution in [-0.2, 0) is 17.7 Å². The van der Waals surface area contributed by atoms with E-state index in [-0.39, 0.29) is 0 Å². The van der Waals surface area contributed by atoms with Gasteiger partial charge in [0.1, 0.15) is 5.75 Å². The number of anilines is 3. The molecule has 5 rings (SSSR count). The van der Waals surface area contributed by atoms with Crippen LogP contribution >= 0.6 is 0 Å². The van der Waals surface area contributed by atoms with Crippen LogP contribution in [0.5, 0.6) is 5.75 Å². The van der Waals surface area contributed by atoms with Crippen LogP contribution in [-0.4, -0.2) is 54.8 Å². The largest absolute Gasteiger partial charge is 0.495 e. The molecule has 31 heavy (non-hydrogen) atoms. The fourth-order valence-corrected chi connectivity index (χ4v) is 4.38. The van der Waals surface area contributed by atoms with Gasteiger partial charge in [-0.3, -0.25) is 0 Å².